The third-order valence-corrected chi connectivity index (χ3v) is 10.7. The molecule has 47 heavy (non-hydrogen) atoms. The van der Waals surface area contributed by atoms with Gasteiger partial charge < -0.3 is 10.2 Å². The van der Waals surface area contributed by atoms with Crippen molar-refractivity contribution in [1.82, 2.24) is 10.2 Å². The van der Waals surface area contributed by atoms with Crippen molar-refractivity contribution in [3.05, 3.63) is 130 Å². The normalized spacial score (nSPS) is 14.3. The number of nitrogens with zero attached hydrogens (tertiary/aromatic N) is 2. The maximum absolute atomic E-state index is 14.7. The van der Waals surface area contributed by atoms with Gasteiger partial charge in [0.15, 0.2) is 0 Å². The molecule has 1 aliphatic carbocycles. The second-order valence-corrected chi connectivity index (χ2v) is 14.7. The first kappa shape index (κ1) is 34.2. The molecule has 0 heterocycles. The molecule has 5 rings (SSSR count). The van der Waals surface area contributed by atoms with Gasteiger partial charge in [-0.2, -0.15) is 0 Å². The van der Waals surface area contributed by atoms with E-state index in [2.05, 4.69) is 5.32 Å². The minimum Gasteiger partial charge on any atom is -0.352 e. The molecule has 1 unspecified atom stereocenters. The van der Waals surface area contributed by atoms with Gasteiger partial charge in [-0.25, -0.2) is 8.42 Å². The quantitative estimate of drug-likeness (QED) is 0.172. The molecule has 0 radical (unpaired) electrons. The first-order valence-electron chi connectivity index (χ1n) is 16.1. The Hall–Kier alpha value is -4.14. The second-order valence-electron chi connectivity index (χ2n) is 12.4. The maximum Gasteiger partial charge on any atom is 0.264 e. The standard InChI is InChI=1S/C38H42ClN3O4S/c1-28-11-9-15-31(23-28)26-41(36(25-30-13-5-3-6-14-30)38(44)40-33-16-7-4-8-17-33)37(43)27-42(34-18-10-12-29(2)24-34)47(45,46)35-21-19-32(39)20-22-35/h3,5-6,9-15,18-24,33,36H,4,7-8,16-17,25-27H2,1-2H3,(H,40,44). The predicted molar refractivity (Wildman–Crippen MR) is 188 cm³/mol. The zero-order valence-corrected chi connectivity index (χ0v) is 28.5. The van der Waals surface area contributed by atoms with Crippen molar-refractivity contribution in [2.75, 3.05) is 10.8 Å². The molecule has 0 saturated heterocycles. The van der Waals surface area contributed by atoms with E-state index in [4.69, 9.17) is 11.6 Å². The van der Waals surface area contributed by atoms with Crippen LogP contribution in [0.1, 0.15) is 54.4 Å². The molecule has 1 atom stereocenters. The van der Waals surface area contributed by atoms with Gasteiger partial charge in [-0.15, -0.1) is 0 Å². The molecular weight excluding hydrogens is 630 g/mol. The zero-order valence-electron chi connectivity index (χ0n) is 26.9. The van der Waals surface area contributed by atoms with E-state index < -0.39 is 28.5 Å². The van der Waals surface area contributed by atoms with Crippen molar-refractivity contribution < 1.29 is 18.0 Å². The molecule has 1 saturated carbocycles. The van der Waals surface area contributed by atoms with Gasteiger partial charge in [0, 0.05) is 24.0 Å². The summed E-state index contributed by atoms with van der Waals surface area (Å²) in [4.78, 5) is 30.5. The van der Waals surface area contributed by atoms with Crippen molar-refractivity contribution in [3.8, 4) is 0 Å². The Labute approximate surface area is 283 Å². The summed E-state index contributed by atoms with van der Waals surface area (Å²) < 4.78 is 29.5. The molecule has 0 aromatic heterocycles. The van der Waals surface area contributed by atoms with Crippen LogP contribution in [0.25, 0.3) is 0 Å². The lowest BCUT2D eigenvalue weighted by molar-refractivity contribution is -0.140. The van der Waals surface area contributed by atoms with Gasteiger partial charge in [-0.05, 0) is 79.8 Å². The molecule has 2 amide bonds. The van der Waals surface area contributed by atoms with Crippen molar-refractivity contribution in [2.45, 2.75) is 75.9 Å². The van der Waals surface area contributed by atoms with Crippen molar-refractivity contribution in [3.63, 3.8) is 0 Å². The van der Waals surface area contributed by atoms with E-state index in [9.17, 15) is 18.0 Å². The van der Waals surface area contributed by atoms with Crippen LogP contribution in [0.4, 0.5) is 5.69 Å². The predicted octanol–water partition coefficient (Wildman–Crippen LogP) is 7.24. The van der Waals surface area contributed by atoms with Crippen LogP contribution in [0.15, 0.2) is 108 Å². The van der Waals surface area contributed by atoms with Gasteiger partial charge in [-0.1, -0.05) is 103 Å². The number of nitrogens with one attached hydrogen (secondary N) is 1. The molecule has 246 valence electrons. The molecule has 1 fully saturated rings. The van der Waals surface area contributed by atoms with Gasteiger partial charge in [-0.3, -0.25) is 13.9 Å². The van der Waals surface area contributed by atoms with Crippen LogP contribution in [0.5, 0.6) is 0 Å². The summed E-state index contributed by atoms with van der Waals surface area (Å²) >= 11 is 6.09. The lowest BCUT2D eigenvalue weighted by atomic mass is 9.94. The molecule has 1 aliphatic rings. The van der Waals surface area contributed by atoms with E-state index in [-0.39, 0.29) is 29.8 Å². The smallest absolute Gasteiger partial charge is 0.264 e. The average molecular weight is 672 g/mol. The number of amides is 2. The molecule has 4 aromatic carbocycles. The number of carbonyl (C=O) groups excluding carboxylic acids is 2. The number of anilines is 1. The fourth-order valence-corrected chi connectivity index (χ4v) is 7.68. The molecule has 0 spiro atoms. The number of hydrogen-bond acceptors (Lipinski definition) is 4. The Kier molecular flexibility index (Phi) is 11.4. The molecule has 9 heteroatoms. The number of hydrogen-bond donors (Lipinski definition) is 1. The number of halogens is 1. The van der Waals surface area contributed by atoms with Crippen LogP contribution in [0.3, 0.4) is 0 Å². The van der Waals surface area contributed by atoms with E-state index in [0.29, 0.717) is 10.7 Å². The van der Waals surface area contributed by atoms with E-state index in [1.165, 1.54) is 24.3 Å². The van der Waals surface area contributed by atoms with Crippen LogP contribution in [-0.4, -0.2) is 43.8 Å². The second kappa shape index (κ2) is 15.6. The highest BCUT2D eigenvalue weighted by Gasteiger charge is 2.35. The molecular formula is C38H42ClN3O4S. The highest BCUT2D eigenvalue weighted by Crippen LogP contribution is 2.27. The van der Waals surface area contributed by atoms with E-state index in [0.717, 1.165) is 58.7 Å². The van der Waals surface area contributed by atoms with E-state index >= 15 is 0 Å². The molecule has 1 N–H and O–H groups in total. The Bertz CT molecular complexity index is 1770. The maximum atomic E-state index is 14.7. The summed E-state index contributed by atoms with van der Waals surface area (Å²) in [5.74, 6) is -0.713. The highest BCUT2D eigenvalue weighted by molar-refractivity contribution is 7.92. The highest BCUT2D eigenvalue weighted by atomic mass is 35.5. The van der Waals surface area contributed by atoms with E-state index in [1.807, 2.05) is 74.5 Å². The number of rotatable bonds is 12. The Morgan fingerprint density at radius 1 is 0.809 bits per heavy atom. The Morgan fingerprint density at radius 3 is 2.11 bits per heavy atom. The summed E-state index contributed by atoms with van der Waals surface area (Å²) in [6.45, 7) is 3.49. The summed E-state index contributed by atoms with van der Waals surface area (Å²) in [6, 6.07) is 29.6. The van der Waals surface area contributed by atoms with Gasteiger partial charge in [0.05, 0.1) is 10.6 Å². The largest absolute Gasteiger partial charge is 0.352 e. The van der Waals surface area contributed by atoms with Crippen LogP contribution in [0.2, 0.25) is 5.02 Å². The van der Waals surface area contributed by atoms with Crippen LogP contribution in [-0.2, 0) is 32.6 Å². The molecule has 0 bridgehead atoms. The van der Waals surface area contributed by atoms with Gasteiger partial charge in [0.2, 0.25) is 11.8 Å². The summed E-state index contributed by atoms with van der Waals surface area (Å²) in [7, 11) is -4.20. The molecule has 7 nitrogen and oxygen atoms in total. The number of benzene rings is 4. The lowest BCUT2D eigenvalue weighted by Gasteiger charge is -2.35. The number of sulfonamides is 1. The zero-order chi connectivity index (χ0) is 33.4. The van der Waals surface area contributed by atoms with Crippen molar-refractivity contribution in [2.24, 2.45) is 0 Å². The van der Waals surface area contributed by atoms with Gasteiger partial charge >= 0.3 is 0 Å². The summed E-state index contributed by atoms with van der Waals surface area (Å²) in [5, 5.41) is 3.65. The summed E-state index contributed by atoms with van der Waals surface area (Å²) in [6.07, 6.45) is 5.33. The average Bonchev–Trinajstić information content (AvgIpc) is 3.06. The van der Waals surface area contributed by atoms with Crippen molar-refractivity contribution >= 4 is 39.1 Å². The topological polar surface area (TPSA) is 86.8 Å². The minimum atomic E-state index is -4.20. The molecule has 0 aliphatic heterocycles. The van der Waals surface area contributed by atoms with E-state index in [1.54, 1.807) is 23.1 Å². The number of carbonyl (C=O) groups is 2. The van der Waals surface area contributed by atoms with Crippen LogP contribution in [0, 0.1) is 13.8 Å². The number of aryl methyl sites for hydroxylation is 2. The van der Waals surface area contributed by atoms with Gasteiger partial charge in [0.25, 0.3) is 10.0 Å². The fourth-order valence-electron chi connectivity index (χ4n) is 6.15. The third kappa shape index (κ3) is 9.02. The van der Waals surface area contributed by atoms with Gasteiger partial charge in [0.1, 0.15) is 12.6 Å². The Morgan fingerprint density at radius 2 is 1.45 bits per heavy atom. The third-order valence-electron chi connectivity index (χ3n) is 8.63. The lowest BCUT2D eigenvalue weighted by Crippen LogP contribution is -2.55. The van der Waals surface area contributed by atoms with Crippen molar-refractivity contribution in [1.29, 1.82) is 0 Å². The SMILES string of the molecule is Cc1cccc(CN(C(=O)CN(c2cccc(C)c2)S(=O)(=O)c2ccc(Cl)cc2)C(Cc2ccccc2)C(=O)NC2CCCCC2)c1. The van der Waals surface area contributed by atoms with Crippen LogP contribution < -0.4 is 9.62 Å². The van der Waals surface area contributed by atoms with Crippen LogP contribution >= 0.6 is 11.6 Å². The summed E-state index contributed by atoms with van der Waals surface area (Å²) in [5.41, 5.74) is 3.98. The first-order valence-corrected chi connectivity index (χ1v) is 18.0. The first-order chi connectivity index (χ1) is 22.6. The molecule has 4 aromatic rings. The fraction of sp³-hybridized carbons (Fsp3) is 0.316. The Balaban J connectivity index is 1.56. The minimum absolute atomic E-state index is 0.0114. The monoisotopic (exact) mass is 671 g/mol.